The average molecular weight is 285 g/mol. The van der Waals surface area contributed by atoms with Crippen LogP contribution in [0.2, 0.25) is 5.02 Å². The fourth-order valence-electron chi connectivity index (χ4n) is 0.543. The van der Waals surface area contributed by atoms with E-state index in [1.54, 1.807) is 6.07 Å². The SMILES string of the molecule is Nc1c(Cl)ccc(Br)c1Br. The molecule has 0 saturated carbocycles. The highest BCUT2D eigenvalue weighted by atomic mass is 79.9. The molecule has 0 spiro atoms. The van der Waals surface area contributed by atoms with Crippen molar-refractivity contribution in [2.45, 2.75) is 0 Å². The van der Waals surface area contributed by atoms with Gasteiger partial charge in [0.25, 0.3) is 0 Å². The second kappa shape index (κ2) is 3.11. The van der Waals surface area contributed by atoms with Crippen molar-refractivity contribution in [1.29, 1.82) is 0 Å². The van der Waals surface area contributed by atoms with E-state index in [2.05, 4.69) is 31.9 Å². The lowest BCUT2D eigenvalue weighted by Crippen LogP contribution is -1.87. The molecule has 0 aliphatic heterocycles. The Labute approximate surface area is 80.8 Å². The minimum Gasteiger partial charge on any atom is -0.397 e. The fraction of sp³-hybridized carbons (Fsp3) is 0. The molecule has 10 heavy (non-hydrogen) atoms. The van der Waals surface area contributed by atoms with E-state index in [0.29, 0.717) is 10.7 Å². The Hall–Kier alpha value is 0.270. The maximum absolute atomic E-state index is 5.71. The lowest BCUT2D eigenvalue weighted by atomic mass is 10.3. The first-order chi connectivity index (χ1) is 4.63. The smallest absolute Gasteiger partial charge is 0.0659 e. The van der Waals surface area contributed by atoms with Gasteiger partial charge in [0.15, 0.2) is 0 Å². The molecule has 2 N–H and O–H groups in total. The largest absolute Gasteiger partial charge is 0.397 e. The van der Waals surface area contributed by atoms with E-state index in [9.17, 15) is 0 Å². The van der Waals surface area contributed by atoms with Crippen molar-refractivity contribution in [1.82, 2.24) is 0 Å². The van der Waals surface area contributed by atoms with Crippen molar-refractivity contribution < 1.29 is 0 Å². The van der Waals surface area contributed by atoms with E-state index in [1.807, 2.05) is 6.07 Å². The van der Waals surface area contributed by atoms with Crippen LogP contribution in [0.15, 0.2) is 21.1 Å². The summed E-state index contributed by atoms with van der Waals surface area (Å²) in [6, 6.07) is 3.58. The minimum absolute atomic E-state index is 0.565. The van der Waals surface area contributed by atoms with Gasteiger partial charge in [0.2, 0.25) is 0 Å². The van der Waals surface area contributed by atoms with Crippen molar-refractivity contribution in [2.24, 2.45) is 0 Å². The molecule has 0 atom stereocenters. The molecule has 0 amide bonds. The molecule has 1 nitrogen and oxygen atoms in total. The van der Waals surface area contributed by atoms with Crippen LogP contribution in [0, 0.1) is 0 Å². The van der Waals surface area contributed by atoms with Gasteiger partial charge >= 0.3 is 0 Å². The van der Waals surface area contributed by atoms with Gasteiger partial charge in [-0.15, -0.1) is 0 Å². The van der Waals surface area contributed by atoms with Crippen LogP contribution in [0.1, 0.15) is 0 Å². The molecule has 4 heteroatoms. The van der Waals surface area contributed by atoms with Crippen LogP contribution < -0.4 is 5.73 Å². The Morgan fingerprint density at radius 2 is 1.90 bits per heavy atom. The second-order valence-electron chi connectivity index (χ2n) is 1.76. The third-order valence-electron chi connectivity index (χ3n) is 1.08. The highest BCUT2D eigenvalue weighted by Crippen LogP contribution is 2.33. The zero-order chi connectivity index (χ0) is 7.72. The predicted molar refractivity (Wildman–Crippen MR) is 51.3 cm³/mol. The number of nitrogens with two attached hydrogens (primary N) is 1. The van der Waals surface area contributed by atoms with Crippen molar-refractivity contribution >= 4 is 49.1 Å². The molecule has 0 heterocycles. The van der Waals surface area contributed by atoms with Crippen LogP contribution in [0.3, 0.4) is 0 Å². The molecule has 0 bridgehead atoms. The van der Waals surface area contributed by atoms with Gasteiger partial charge in [-0.25, -0.2) is 0 Å². The average Bonchev–Trinajstić information content (AvgIpc) is 1.93. The molecule has 1 rings (SSSR count). The Balaban J connectivity index is 3.34. The molecule has 0 aromatic heterocycles. The summed E-state index contributed by atoms with van der Waals surface area (Å²) >= 11 is 12.3. The van der Waals surface area contributed by atoms with Gasteiger partial charge in [0.1, 0.15) is 0 Å². The van der Waals surface area contributed by atoms with Crippen LogP contribution in [-0.2, 0) is 0 Å². The normalized spacial score (nSPS) is 9.90. The van der Waals surface area contributed by atoms with Gasteiger partial charge < -0.3 is 5.73 Å². The summed E-state index contributed by atoms with van der Waals surface area (Å²) in [6.07, 6.45) is 0. The number of hydrogen-bond acceptors (Lipinski definition) is 1. The summed E-state index contributed by atoms with van der Waals surface area (Å²) in [5.74, 6) is 0. The minimum atomic E-state index is 0.565. The van der Waals surface area contributed by atoms with Crippen LogP contribution in [0.5, 0.6) is 0 Å². The van der Waals surface area contributed by atoms with Crippen molar-refractivity contribution in [3.63, 3.8) is 0 Å². The summed E-state index contributed by atoms with van der Waals surface area (Å²) < 4.78 is 1.72. The molecule has 0 unspecified atom stereocenters. The second-order valence-corrected chi connectivity index (χ2v) is 3.81. The Morgan fingerprint density at radius 1 is 1.30 bits per heavy atom. The summed E-state index contributed by atoms with van der Waals surface area (Å²) in [6.45, 7) is 0. The molecule has 1 aromatic rings. The van der Waals surface area contributed by atoms with Crippen LogP contribution >= 0.6 is 43.5 Å². The first-order valence-corrected chi connectivity index (χ1v) is 4.48. The summed E-state index contributed by atoms with van der Waals surface area (Å²) in [7, 11) is 0. The quantitative estimate of drug-likeness (QED) is 0.573. The number of halogens is 3. The Kier molecular flexibility index (Phi) is 2.61. The molecule has 1 aromatic carbocycles. The van der Waals surface area contributed by atoms with Gasteiger partial charge in [-0.3, -0.25) is 0 Å². The maximum atomic E-state index is 5.71. The van der Waals surface area contributed by atoms with Crippen molar-refractivity contribution in [3.8, 4) is 0 Å². The fourth-order valence-corrected chi connectivity index (χ4v) is 1.51. The van der Waals surface area contributed by atoms with E-state index < -0.39 is 0 Å². The third kappa shape index (κ3) is 1.47. The maximum Gasteiger partial charge on any atom is 0.0659 e. The summed E-state index contributed by atoms with van der Waals surface area (Å²) in [4.78, 5) is 0. The Bertz CT molecular complexity index is 235. The highest BCUT2D eigenvalue weighted by molar-refractivity contribution is 9.13. The highest BCUT2D eigenvalue weighted by Gasteiger charge is 2.03. The van der Waals surface area contributed by atoms with Gasteiger partial charge in [-0.1, -0.05) is 11.6 Å². The van der Waals surface area contributed by atoms with Crippen molar-refractivity contribution in [2.75, 3.05) is 5.73 Å². The lowest BCUT2D eigenvalue weighted by Gasteiger charge is -2.01. The number of anilines is 1. The Morgan fingerprint density at radius 3 is 2.40 bits per heavy atom. The zero-order valence-corrected chi connectivity index (χ0v) is 8.79. The monoisotopic (exact) mass is 283 g/mol. The first kappa shape index (κ1) is 8.37. The number of hydrogen-bond donors (Lipinski definition) is 1. The van der Waals surface area contributed by atoms with Gasteiger partial charge in [0, 0.05) is 4.47 Å². The van der Waals surface area contributed by atoms with Crippen LogP contribution in [0.4, 0.5) is 5.69 Å². The summed E-state index contributed by atoms with van der Waals surface area (Å²) in [5.41, 5.74) is 6.14. The molecule has 54 valence electrons. The van der Waals surface area contributed by atoms with Gasteiger partial charge in [0.05, 0.1) is 15.2 Å². The van der Waals surface area contributed by atoms with E-state index in [0.717, 1.165) is 8.95 Å². The number of rotatable bonds is 0. The molecular weight excluding hydrogens is 281 g/mol. The summed E-state index contributed by atoms with van der Waals surface area (Å²) in [5, 5.41) is 0.565. The lowest BCUT2D eigenvalue weighted by molar-refractivity contribution is 1.58. The molecule has 0 radical (unpaired) electrons. The number of nitrogen functional groups attached to an aromatic ring is 1. The number of benzene rings is 1. The first-order valence-electron chi connectivity index (χ1n) is 2.52. The topological polar surface area (TPSA) is 26.0 Å². The van der Waals surface area contributed by atoms with Crippen molar-refractivity contribution in [3.05, 3.63) is 26.1 Å². The van der Waals surface area contributed by atoms with E-state index in [1.165, 1.54) is 0 Å². The van der Waals surface area contributed by atoms with E-state index >= 15 is 0 Å². The molecular formula is C6H4Br2ClN. The van der Waals surface area contributed by atoms with E-state index in [4.69, 9.17) is 17.3 Å². The van der Waals surface area contributed by atoms with E-state index in [-0.39, 0.29) is 0 Å². The third-order valence-corrected chi connectivity index (χ3v) is 3.46. The standard InChI is InChI=1S/C6H4Br2ClN/c7-3-1-2-4(9)6(10)5(3)8/h1-2H,10H2. The zero-order valence-electron chi connectivity index (χ0n) is 4.87. The molecule has 0 saturated heterocycles. The van der Waals surface area contributed by atoms with Gasteiger partial charge in [-0.2, -0.15) is 0 Å². The molecule has 0 fully saturated rings. The predicted octanol–water partition coefficient (Wildman–Crippen LogP) is 3.45. The van der Waals surface area contributed by atoms with Gasteiger partial charge in [-0.05, 0) is 44.0 Å². The molecule has 0 aliphatic carbocycles. The molecule has 0 aliphatic rings. The van der Waals surface area contributed by atoms with Crippen LogP contribution in [0.25, 0.3) is 0 Å². The van der Waals surface area contributed by atoms with Crippen LogP contribution in [-0.4, -0.2) is 0 Å².